The summed E-state index contributed by atoms with van der Waals surface area (Å²) in [5, 5.41) is 5.96. The Labute approximate surface area is 179 Å². The molecular formula is C21H26F3N5O2. The van der Waals surface area contributed by atoms with E-state index in [1.165, 1.54) is 14.0 Å². The van der Waals surface area contributed by atoms with E-state index < -0.39 is 11.7 Å². The Bertz CT molecular complexity index is 957. The molecule has 1 aliphatic rings. The molecule has 1 aliphatic heterocycles. The van der Waals surface area contributed by atoms with Crippen molar-refractivity contribution in [2.45, 2.75) is 38.9 Å². The van der Waals surface area contributed by atoms with Gasteiger partial charge in [0, 0.05) is 17.8 Å². The maximum Gasteiger partial charge on any atom is 0.419 e. The zero-order valence-corrected chi connectivity index (χ0v) is 17.9. The van der Waals surface area contributed by atoms with E-state index in [4.69, 9.17) is 4.74 Å². The monoisotopic (exact) mass is 437 g/mol. The van der Waals surface area contributed by atoms with E-state index in [2.05, 4.69) is 32.5 Å². The number of nitrogens with zero attached hydrogens (tertiary/aromatic N) is 3. The number of aromatic nitrogens is 2. The summed E-state index contributed by atoms with van der Waals surface area (Å²) in [5.41, 5.74) is 0.551. The third-order valence-corrected chi connectivity index (χ3v) is 5.38. The molecule has 1 saturated heterocycles. The molecule has 168 valence electrons. The number of alkyl halides is 3. The van der Waals surface area contributed by atoms with Crippen molar-refractivity contribution in [1.82, 2.24) is 20.2 Å². The second-order valence-electron chi connectivity index (χ2n) is 7.73. The predicted octanol–water partition coefficient (Wildman–Crippen LogP) is 3.69. The van der Waals surface area contributed by atoms with Gasteiger partial charge in [0.15, 0.2) is 0 Å². The minimum absolute atomic E-state index is 0.00623. The highest BCUT2D eigenvalue weighted by Crippen LogP contribution is 2.33. The van der Waals surface area contributed by atoms with Gasteiger partial charge in [-0.25, -0.2) is 9.97 Å². The smallest absolute Gasteiger partial charge is 0.419 e. The van der Waals surface area contributed by atoms with Gasteiger partial charge in [-0.3, -0.25) is 4.79 Å². The first-order chi connectivity index (χ1) is 14.6. The van der Waals surface area contributed by atoms with Gasteiger partial charge in [-0.15, -0.1) is 0 Å². The Kier molecular flexibility index (Phi) is 6.68. The average Bonchev–Trinajstić information content (AvgIpc) is 2.69. The summed E-state index contributed by atoms with van der Waals surface area (Å²) < 4.78 is 44.2. The van der Waals surface area contributed by atoms with Crippen molar-refractivity contribution in [2.75, 3.05) is 32.6 Å². The Morgan fingerprint density at radius 1 is 1.23 bits per heavy atom. The van der Waals surface area contributed by atoms with Crippen molar-refractivity contribution >= 4 is 17.5 Å². The van der Waals surface area contributed by atoms with Crippen LogP contribution in [0.5, 0.6) is 5.75 Å². The van der Waals surface area contributed by atoms with Crippen LogP contribution in [0.4, 0.5) is 24.8 Å². The molecule has 1 aromatic carbocycles. The summed E-state index contributed by atoms with van der Waals surface area (Å²) in [4.78, 5) is 22.7. The number of benzene rings is 1. The maximum atomic E-state index is 12.9. The Balaban J connectivity index is 1.79. The number of hydrogen-bond donors (Lipinski definition) is 2. The molecule has 0 radical (unpaired) electrons. The number of amides is 1. The summed E-state index contributed by atoms with van der Waals surface area (Å²) in [6.45, 7) is 4.92. The number of likely N-dealkylation sites (tertiary alicyclic amines) is 1. The van der Waals surface area contributed by atoms with Crippen LogP contribution in [0.15, 0.2) is 18.3 Å². The quantitative estimate of drug-likeness (QED) is 0.743. The lowest BCUT2D eigenvalue weighted by Gasteiger charge is -2.29. The van der Waals surface area contributed by atoms with Crippen LogP contribution in [-0.2, 0) is 6.18 Å². The molecule has 3 rings (SSSR count). The molecule has 0 aliphatic carbocycles. The lowest BCUT2D eigenvalue weighted by atomic mass is 10.0. The van der Waals surface area contributed by atoms with Crippen LogP contribution in [0, 0.1) is 13.8 Å². The van der Waals surface area contributed by atoms with Gasteiger partial charge in [0.25, 0.3) is 5.91 Å². The second-order valence-corrected chi connectivity index (χ2v) is 7.73. The molecule has 2 heterocycles. The van der Waals surface area contributed by atoms with E-state index in [1.54, 1.807) is 19.1 Å². The highest BCUT2D eigenvalue weighted by Gasteiger charge is 2.33. The number of halogens is 3. The zero-order valence-electron chi connectivity index (χ0n) is 17.9. The summed E-state index contributed by atoms with van der Waals surface area (Å²) >= 11 is 0. The molecule has 10 heteroatoms. The van der Waals surface area contributed by atoms with E-state index in [9.17, 15) is 18.0 Å². The summed E-state index contributed by atoms with van der Waals surface area (Å²) in [5.74, 6) is 0.186. The number of nitrogens with one attached hydrogen (secondary N) is 2. The topological polar surface area (TPSA) is 79.4 Å². The van der Waals surface area contributed by atoms with E-state index in [1.807, 2.05) is 0 Å². The summed E-state index contributed by atoms with van der Waals surface area (Å²) in [6, 6.07) is 3.42. The van der Waals surface area contributed by atoms with Crippen molar-refractivity contribution in [3.05, 3.63) is 40.7 Å². The molecule has 1 amide bonds. The van der Waals surface area contributed by atoms with Gasteiger partial charge >= 0.3 is 6.18 Å². The number of methoxy groups -OCH3 is 1. The number of carbonyl (C=O) groups is 1. The molecule has 0 unspecified atom stereocenters. The summed E-state index contributed by atoms with van der Waals surface area (Å²) in [7, 11) is 3.51. The molecule has 0 spiro atoms. The number of aryl methyl sites for hydroxylation is 2. The molecule has 2 N–H and O–H groups in total. The maximum absolute atomic E-state index is 12.9. The molecule has 2 aromatic rings. The molecule has 0 atom stereocenters. The first kappa shape index (κ1) is 22.8. The first-order valence-electron chi connectivity index (χ1n) is 9.94. The highest BCUT2D eigenvalue weighted by molar-refractivity contribution is 5.97. The lowest BCUT2D eigenvalue weighted by molar-refractivity contribution is -0.138. The van der Waals surface area contributed by atoms with Gasteiger partial charge in [-0.2, -0.15) is 13.2 Å². The van der Waals surface area contributed by atoms with E-state index in [0.717, 1.165) is 32.1 Å². The summed E-state index contributed by atoms with van der Waals surface area (Å²) in [6.07, 6.45) is -1.99. The average molecular weight is 437 g/mol. The second kappa shape index (κ2) is 9.09. The zero-order chi connectivity index (χ0) is 22.8. The third kappa shape index (κ3) is 5.43. The Morgan fingerprint density at radius 3 is 2.48 bits per heavy atom. The van der Waals surface area contributed by atoms with Gasteiger partial charge in [0.05, 0.1) is 24.1 Å². The van der Waals surface area contributed by atoms with Crippen LogP contribution in [-0.4, -0.2) is 54.1 Å². The Hall–Kier alpha value is -2.88. The molecule has 0 saturated carbocycles. The normalized spacial score (nSPS) is 15.6. The van der Waals surface area contributed by atoms with Gasteiger partial charge < -0.3 is 20.3 Å². The van der Waals surface area contributed by atoms with Crippen molar-refractivity contribution in [2.24, 2.45) is 0 Å². The fourth-order valence-corrected chi connectivity index (χ4v) is 3.54. The van der Waals surface area contributed by atoms with Crippen molar-refractivity contribution < 1.29 is 22.7 Å². The number of rotatable bonds is 5. The fourth-order valence-electron chi connectivity index (χ4n) is 3.54. The van der Waals surface area contributed by atoms with Crippen LogP contribution in [0.3, 0.4) is 0 Å². The van der Waals surface area contributed by atoms with Gasteiger partial charge in [-0.1, -0.05) is 0 Å². The molecular weight excluding hydrogens is 411 g/mol. The SMILES string of the molecule is COc1cc(C(=O)NC2CCN(C)CC2)c(C)cc1Nc1ncc(C(F)(F)F)c(C)n1. The third-order valence-electron chi connectivity index (χ3n) is 5.38. The van der Waals surface area contributed by atoms with Gasteiger partial charge in [0.2, 0.25) is 5.95 Å². The van der Waals surface area contributed by atoms with Crippen LogP contribution >= 0.6 is 0 Å². The first-order valence-corrected chi connectivity index (χ1v) is 9.94. The minimum Gasteiger partial charge on any atom is -0.495 e. The van der Waals surface area contributed by atoms with Crippen LogP contribution in [0.1, 0.15) is 40.0 Å². The van der Waals surface area contributed by atoms with E-state index in [-0.39, 0.29) is 23.6 Å². The van der Waals surface area contributed by atoms with Crippen molar-refractivity contribution in [3.63, 3.8) is 0 Å². The van der Waals surface area contributed by atoms with Crippen LogP contribution < -0.4 is 15.4 Å². The molecule has 1 fully saturated rings. The molecule has 1 aromatic heterocycles. The fraction of sp³-hybridized carbons (Fsp3) is 0.476. The number of anilines is 2. The minimum atomic E-state index is -4.51. The van der Waals surface area contributed by atoms with Crippen molar-refractivity contribution in [3.8, 4) is 5.75 Å². The molecule has 31 heavy (non-hydrogen) atoms. The predicted molar refractivity (Wildman–Crippen MR) is 111 cm³/mol. The standard InChI is InChI=1S/C21H26F3N5O2/c1-12-9-17(28-20-25-11-16(13(2)26-20)21(22,23)24)18(31-4)10-15(12)19(30)27-14-5-7-29(3)8-6-14/h9-11,14H,5-8H2,1-4H3,(H,27,30)(H,25,26,28). The molecule has 0 bridgehead atoms. The van der Waals surface area contributed by atoms with Crippen LogP contribution in [0.25, 0.3) is 0 Å². The largest absolute Gasteiger partial charge is 0.495 e. The van der Waals surface area contributed by atoms with E-state index in [0.29, 0.717) is 22.6 Å². The van der Waals surface area contributed by atoms with Crippen LogP contribution in [0.2, 0.25) is 0 Å². The molecule has 7 nitrogen and oxygen atoms in total. The van der Waals surface area contributed by atoms with Gasteiger partial charge in [0.1, 0.15) is 5.75 Å². The van der Waals surface area contributed by atoms with Gasteiger partial charge in [-0.05, 0) is 64.5 Å². The highest BCUT2D eigenvalue weighted by atomic mass is 19.4. The lowest BCUT2D eigenvalue weighted by Crippen LogP contribution is -2.43. The number of carbonyl (C=O) groups excluding carboxylic acids is 1. The number of hydrogen-bond acceptors (Lipinski definition) is 6. The van der Waals surface area contributed by atoms with Crippen molar-refractivity contribution in [1.29, 1.82) is 0 Å². The van der Waals surface area contributed by atoms with E-state index >= 15 is 0 Å². The number of piperidine rings is 1. The number of ether oxygens (including phenoxy) is 1. The Morgan fingerprint density at radius 2 is 1.90 bits per heavy atom.